The van der Waals surface area contributed by atoms with Gasteiger partial charge in [0.1, 0.15) is 4.47 Å². The number of terminal acetylenes is 1. The van der Waals surface area contributed by atoms with E-state index in [1.165, 1.54) is 6.07 Å². The Kier molecular flexibility index (Phi) is 4.96. The highest BCUT2D eigenvalue weighted by atomic mass is 79.9. The summed E-state index contributed by atoms with van der Waals surface area (Å²) >= 11 is 3.19. The third kappa shape index (κ3) is 3.33. The van der Waals surface area contributed by atoms with E-state index in [0.717, 1.165) is 5.56 Å². The third-order valence-corrected chi connectivity index (χ3v) is 2.82. The average molecular weight is 284 g/mol. The molecule has 0 saturated heterocycles. The number of hydrogen-bond donors (Lipinski definition) is 0. The summed E-state index contributed by atoms with van der Waals surface area (Å²) in [7, 11) is 0. The lowest BCUT2D eigenvalue weighted by Gasteiger charge is -2.05. The Morgan fingerprint density at radius 2 is 2.31 bits per heavy atom. The van der Waals surface area contributed by atoms with Crippen LogP contribution in [-0.4, -0.2) is 11.5 Å². The van der Waals surface area contributed by atoms with Gasteiger partial charge in [0.2, 0.25) is 0 Å². The van der Waals surface area contributed by atoms with E-state index in [1.807, 2.05) is 0 Å². The van der Waals surface area contributed by atoms with Crippen molar-refractivity contribution in [1.82, 2.24) is 0 Å². The van der Waals surface area contributed by atoms with Crippen LogP contribution in [0.1, 0.15) is 12.0 Å². The Morgan fingerprint density at radius 3 is 2.94 bits per heavy atom. The predicted molar refractivity (Wildman–Crippen MR) is 63.9 cm³/mol. The highest BCUT2D eigenvalue weighted by molar-refractivity contribution is 9.10. The summed E-state index contributed by atoms with van der Waals surface area (Å²) in [6.45, 7) is 0.759. The van der Waals surface area contributed by atoms with Crippen molar-refractivity contribution in [2.45, 2.75) is 13.0 Å². The number of nitrogens with zero attached hydrogens (tertiary/aromatic N) is 1. The smallest absolute Gasteiger partial charge is 0.283 e. The summed E-state index contributed by atoms with van der Waals surface area (Å²) in [5.41, 5.74) is 0.782. The van der Waals surface area contributed by atoms with E-state index in [-0.39, 0.29) is 5.69 Å². The van der Waals surface area contributed by atoms with Crippen LogP contribution >= 0.6 is 15.9 Å². The SMILES string of the molecule is C#CCCOCc1cccc([N+](=O)[O-])c1Br. The van der Waals surface area contributed by atoms with Gasteiger partial charge in [-0.1, -0.05) is 12.1 Å². The van der Waals surface area contributed by atoms with Gasteiger partial charge in [0, 0.05) is 12.5 Å². The van der Waals surface area contributed by atoms with Crippen molar-refractivity contribution >= 4 is 21.6 Å². The zero-order valence-electron chi connectivity index (χ0n) is 8.48. The van der Waals surface area contributed by atoms with E-state index in [4.69, 9.17) is 11.2 Å². The van der Waals surface area contributed by atoms with E-state index >= 15 is 0 Å². The maximum absolute atomic E-state index is 10.7. The van der Waals surface area contributed by atoms with Gasteiger partial charge in [-0.25, -0.2) is 0 Å². The highest BCUT2D eigenvalue weighted by Crippen LogP contribution is 2.28. The minimum atomic E-state index is -0.435. The highest BCUT2D eigenvalue weighted by Gasteiger charge is 2.14. The van der Waals surface area contributed by atoms with Crippen molar-refractivity contribution in [3.8, 4) is 12.3 Å². The molecule has 0 amide bonds. The second-order valence-corrected chi connectivity index (χ2v) is 3.81. The molecule has 0 spiro atoms. The van der Waals surface area contributed by atoms with Gasteiger partial charge in [-0.3, -0.25) is 10.1 Å². The summed E-state index contributed by atoms with van der Waals surface area (Å²) in [4.78, 5) is 10.2. The van der Waals surface area contributed by atoms with Crippen LogP contribution in [0, 0.1) is 22.5 Å². The molecule has 0 heterocycles. The molecule has 4 nitrogen and oxygen atoms in total. The molecule has 0 aliphatic heterocycles. The molecular weight excluding hydrogens is 274 g/mol. The fraction of sp³-hybridized carbons (Fsp3) is 0.273. The van der Waals surface area contributed by atoms with Crippen LogP contribution in [0.15, 0.2) is 22.7 Å². The molecule has 0 aliphatic rings. The van der Waals surface area contributed by atoms with Crippen molar-refractivity contribution in [3.63, 3.8) is 0 Å². The van der Waals surface area contributed by atoms with Crippen molar-refractivity contribution in [2.75, 3.05) is 6.61 Å². The van der Waals surface area contributed by atoms with E-state index in [2.05, 4.69) is 21.9 Å². The molecule has 0 bridgehead atoms. The molecule has 16 heavy (non-hydrogen) atoms. The molecule has 0 N–H and O–H groups in total. The van der Waals surface area contributed by atoms with Crippen LogP contribution in [0.4, 0.5) is 5.69 Å². The zero-order chi connectivity index (χ0) is 12.0. The van der Waals surface area contributed by atoms with Gasteiger partial charge >= 0.3 is 0 Å². The number of rotatable bonds is 5. The molecule has 0 saturated carbocycles. The molecule has 5 heteroatoms. The second-order valence-electron chi connectivity index (χ2n) is 3.01. The molecule has 1 aromatic carbocycles. The maximum atomic E-state index is 10.7. The van der Waals surface area contributed by atoms with Gasteiger partial charge in [-0.2, -0.15) is 0 Å². The van der Waals surface area contributed by atoms with Crippen molar-refractivity contribution < 1.29 is 9.66 Å². The summed E-state index contributed by atoms with van der Waals surface area (Å²) in [6, 6.07) is 4.84. The molecule has 84 valence electrons. The first-order chi connectivity index (χ1) is 7.66. The Labute approximate surface area is 102 Å². The molecule has 0 radical (unpaired) electrons. The van der Waals surface area contributed by atoms with E-state index in [0.29, 0.717) is 24.1 Å². The molecular formula is C11H10BrNO3. The molecule has 0 unspecified atom stereocenters. The largest absolute Gasteiger partial charge is 0.376 e. The van der Waals surface area contributed by atoms with Crippen molar-refractivity contribution in [2.24, 2.45) is 0 Å². The number of nitro benzene ring substituents is 1. The average Bonchev–Trinajstić information content (AvgIpc) is 2.26. The van der Waals surface area contributed by atoms with Crippen LogP contribution in [-0.2, 0) is 11.3 Å². The molecule has 0 aliphatic carbocycles. The molecule has 0 fully saturated rings. The summed E-state index contributed by atoms with van der Waals surface area (Å²) in [5.74, 6) is 2.45. The predicted octanol–water partition coefficient (Wildman–Crippen LogP) is 2.90. The monoisotopic (exact) mass is 283 g/mol. The van der Waals surface area contributed by atoms with E-state index < -0.39 is 4.92 Å². The number of hydrogen-bond acceptors (Lipinski definition) is 3. The number of benzene rings is 1. The van der Waals surface area contributed by atoms with Gasteiger partial charge < -0.3 is 4.74 Å². The Morgan fingerprint density at radius 1 is 1.56 bits per heavy atom. The minimum absolute atomic E-state index is 0.0399. The topological polar surface area (TPSA) is 52.4 Å². The Bertz CT molecular complexity index is 426. The maximum Gasteiger partial charge on any atom is 0.283 e. The van der Waals surface area contributed by atoms with E-state index in [9.17, 15) is 10.1 Å². The van der Waals surface area contributed by atoms with Gasteiger partial charge in [-0.15, -0.1) is 12.3 Å². The van der Waals surface area contributed by atoms with Crippen molar-refractivity contribution in [3.05, 3.63) is 38.3 Å². The van der Waals surface area contributed by atoms with Gasteiger partial charge in [0.15, 0.2) is 0 Å². The number of ether oxygens (including phenoxy) is 1. The minimum Gasteiger partial charge on any atom is -0.376 e. The van der Waals surface area contributed by atoms with Crippen molar-refractivity contribution in [1.29, 1.82) is 0 Å². The summed E-state index contributed by atoms with van der Waals surface area (Å²) in [5, 5.41) is 10.7. The fourth-order valence-electron chi connectivity index (χ4n) is 1.13. The van der Waals surface area contributed by atoms with E-state index in [1.54, 1.807) is 12.1 Å². The third-order valence-electron chi connectivity index (χ3n) is 1.90. The normalized spacial score (nSPS) is 9.75. The number of halogens is 1. The van der Waals surface area contributed by atoms with Crippen LogP contribution in [0.3, 0.4) is 0 Å². The van der Waals surface area contributed by atoms with Crippen LogP contribution < -0.4 is 0 Å². The first kappa shape index (κ1) is 12.7. The standard InChI is InChI=1S/C11H10BrNO3/c1-2-3-7-16-8-9-5-4-6-10(11(9)12)13(14)15/h1,4-6H,3,7-8H2. The first-order valence-corrected chi connectivity index (χ1v) is 5.39. The fourth-order valence-corrected chi connectivity index (χ4v) is 1.66. The van der Waals surface area contributed by atoms with Crippen LogP contribution in [0.2, 0.25) is 0 Å². The molecule has 1 rings (SSSR count). The summed E-state index contributed by atoms with van der Waals surface area (Å²) in [6.07, 6.45) is 5.61. The lowest BCUT2D eigenvalue weighted by Crippen LogP contribution is -1.98. The zero-order valence-corrected chi connectivity index (χ0v) is 10.1. The second kappa shape index (κ2) is 6.26. The van der Waals surface area contributed by atoms with Gasteiger partial charge in [0.05, 0.1) is 18.1 Å². The Balaban J connectivity index is 2.70. The Hall–Kier alpha value is -1.38. The lowest BCUT2D eigenvalue weighted by molar-refractivity contribution is -0.385. The van der Waals surface area contributed by atoms with Crippen LogP contribution in [0.25, 0.3) is 0 Å². The van der Waals surface area contributed by atoms with Gasteiger partial charge in [-0.05, 0) is 21.5 Å². The summed E-state index contributed by atoms with van der Waals surface area (Å²) < 4.78 is 5.74. The van der Waals surface area contributed by atoms with Crippen LogP contribution in [0.5, 0.6) is 0 Å². The first-order valence-electron chi connectivity index (χ1n) is 4.59. The molecule has 0 aromatic heterocycles. The lowest BCUT2D eigenvalue weighted by atomic mass is 10.2. The molecule has 1 aromatic rings. The molecule has 0 atom stereocenters. The quantitative estimate of drug-likeness (QED) is 0.361. The van der Waals surface area contributed by atoms with Gasteiger partial charge in [0.25, 0.3) is 5.69 Å². The number of nitro groups is 1.